The van der Waals surface area contributed by atoms with E-state index in [1.54, 1.807) is 30.3 Å². The fraction of sp³-hybridized carbons (Fsp3) is 0.111. The summed E-state index contributed by atoms with van der Waals surface area (Å²) < 4.78 is 6.38. The standard InChI is InChI=1S/C18H17N5O4/c1-11-4-5-12(7-14(11)22-18(26)15-3-2-6-27-15)17(25)21-13-8-20-23(9-13)10-16(19)24/h2-9H,10H2,1H3,(H2,19,24)(H,21,25)(H,22,26). The topological polar surface area (TPSA) is 132 Å². The lowest BCUT2D eigenvalue weighted by Crippen LogP contribution is -2.18. The smallest absolute Gasteiger partial charge is 0.291 e. The van der Waals surface area contributed by atoms with Crippen molar-refractivity contribution in [3.63, 3.8) is 0 Å². The largest absolute Gasteiger partial charge is 0.459 e. The molecule has 0 radical (unpaired) electrons. The van der Waals surface area contributed by atoms with Crippen molar-refractivity contribution < 1.29 is 18.8 Å². The second-order valence-corrected chi connectivity index (χ2v) is 5.81. The van der Waals surface area contributed by atoms with Gasteiger partial charge in [0.05, 0.1) is 18.1 Å². The molecule has 0 aliphatic carbocycles. The number of hydrogen-bond donors (Lipinski definition) is 3. The van der Waals surface area contributed by atoms with Crippen LogP contribution in [0.5, 0.6) is 0 Å². The van der Waals surface area contributed by atoms with Crippen molar-refractivity contribution in [2.24, 2.45) is 5.73 Å². The van der Waals surface area contributed by atoms with E-state index in [1.165, 1.54) is 23.3 Å². The Balaban J connectivity index is 1.72. The van der Waals surface area contributed by atoms with Crippen LogP contribution < -0.4 is 16.4 Å². The highest BCUT2D eigenvalue weighted by molar-refractivity contribution is 6.07. The van der Waals surface area contributed by atoms with Crippen LogP contribution in [0, 0.1) is 6.92 Å². The van der Waals surface area contributed by atoms with Gasteiger partial charge in [-0.15, -0.1) is 0 Å². The Labute approximate surface area is 154 Å². The van der Waals surface area contributed by atoms with E-state index in [0.717, 1.165) is 5.56 Å². The third kappa shape index (κ3) is 4.40. The lowest BCUT2D eigenvalue weighted by Gasteiger charge is -2.10. The SMILES string of the molecule is Cc1ccc(C(=O)Nc2cnn(CC(N)=O)c2)cc1NC(=O)c1ccco1. The highest BCUT2D eigenvalue weighted by Gasteiger charge is 2.14. The summed E-state index contributed by atoms with van der Waals surface area (Å²) in [5.41, 5.74) is 7.15. The summed E-state index contributed by atoms with van der Waals surface area (Å²) in [5, 5.41) is 9.33. The summed E-state index contributed by atoms with van der Waals surface area (Å²) in [4.78, 5) is 35.5. The number of amides is 3. The molecular weight excluding hydrogens is 350 g/mol. The summed E-state index contributed by atoms with van der Waals surface area (Å²) in [6.45, 7) is 1.73. The maximum absolute atomic E-state index is 12.5. The van der Waals surface area contributed by atoms with Gasteiger partial charge in [0, 0.05) is 17.4 Å². The molecule has 0 unspecified atom stereocenters. The molecule has 3 amide bonds. The zero-order valence-corrected chi connectivity index (χ0v) is 14.4. The molecule has 9 nitrogen and oxygen atoms in total. The molecular formula is C18H17N5O4. The Kier molecular flexibility index (Phi) is 5.02. The molecule has 0 fully saturated rings. The minimum Gasteiger partial charge on any atom is -0.459 e. The third-order valence-electron chi connectivity index (χ3n) is 3.70. The van der Waals surface area contributed by atoms with Gasteiger partial charge < -0.3 is 20.8 Å². The highest BCUT2D eigenvalue weighted by Crippen LogP contribution is 2.19. The number of nitrogens with zero attached hydrogens (tertiary/aromatic N) is 2. The van der Waals surface area contributed by atoms with Crippen molar-refractivity contribution in [1.29, 1.82) is 0 Å². The van der Waals surface area contributed by atoms with Crippen molar-refractivity contribution in [3.8, 4) is 0 Å². The van der Waals surface area contributed by atoms with Crippen LogP contribution in [0.15, 0.2) is 53.4 Å². The van der Waals surface area contributed by atoms with Crippen molar-refractivity contribution in [1.82, 2.24) is 9.78 Å². The number of anilines is 2. The third-order valence-corrected chi connectivity index (χ3v) is 3.70. The Hall–Kier alpha value is -3.88. The number of aryl methyl sites for hydroxylation is 1. The number of benzene rings is 1. The minimum absolute atomic E-state index is 0.0800. The molecule has 0 saturated heterocycles. The molecule has 2 aromatic heterocycles. The summed E-state index contributed by atoms with van der Waals surface area (Å²) in [6.07, 6.45) is 4.31. The monoisotopic (exact) mass is 367 g/mol. The molecule has 1 aromatic carbocycles. The van der Waals surface area contributed by atoms with Crippen LogP contribution in [0.3, 0.4) is 0 Å². The first-order chi connectivity index (χ1) is 12.9. The first-order valence-electron chi connectivity index (χ1n) is 8.00. The molecule has 0 saturated carbocycles. The number of nitrogens with two attached hydrogens (primary N) is 1. The first kappa shape index (κ1) is 17.9. The number of aromatic nitrogens is 2. The quantitative estimate of drug-likeness (QED) is 0.611. The number of furan rings is 1. The van der Waals surface area contributed by atoms with E-state index in [1.807, 2.05) is 6.92 Å². The Bertz CT molecular complexity index is 991. The first-order valence-corrected chi connectivity index (χ1v) is 8.00. The van der Waals surface area contributed by atoms with Gasteiger partial charge in [0.15, 0.2) is 5.76 Å². The number of rotatable bonds is 6. The van der Waals surface area contributed by atoms with Crippen LogP contribution in [0.1, 0.15) is 26.5 Å². The number of hydrogen-bond acceptors (Lipinski definition) is 5. The van der Waals surface area contributed by atoms with E-state index >= 15 is 0 Å². The highest BCUT2D eigenvalue weighted by atomic mass is 16.3. The van der Waals surface area contributed by atoms with Crippen LogP contribution in [0.2, 0.25) is 0 Å². The van der Waals surface area contributed by atoms with E-state index in [4.69, 9.17) is 10.2 Å². The lowest BCUT2D eigenvalue weighted by atomic mass is 10.1. The van der Waals surface area contributed by atoms with Crippen LogP contribution >= 0.6 is 0 Å². The summed E-state index contributed by atoms with van der Waals surface area (Å²) in [6, 6.07) is 8.10. The summed E-state index contributed by atoms with van der Waals surface area (Å²) in [7, 11) is 0. The molecule has 2 heterocycles. The van der Waals surface area contributed by atoms with Crippen LogP contribution in [0.25, 0.3) is 0 Å². The van der Waals surface area contributed by atoms with E-state index in [9.17, 15) is 14.4 Å². The van der Waals surface area contributed by atoms with E-state index in [0.29, 0.717) is 16.9 Å². The van der Waals surface area contributed by atoms with Gasteiger partial charge in [-0.25, -0.2) is 0 Å². The lowest BCUT2D eigenvalue weighted by molar-refractivity contribution is -0.118. The zero-order valence-electron chi connectivity index (χ0n) is 14.4. The number of carbonyl (C=O) groups is 3. The molecule has 0 bridgehead atoms. The van der Waals surface area contributed by atoms with Gasteiger partial charge in [-0.3, -0.25) is 19.1 Å². The average Bonchev–Trinajstić information content (AvgIpc) is 3.28. The van der Waals surface area contributed by atoms with E-state index < -0.39 is 11.8 Å². The van der Waals surface area contributed by atoms with Crippen LogP contribution in [-0.2, 0) is 11.3 Å². The number of carbonyl (C=O) groups excluding carboxylic acids is 3. The van der Waals surface area contributed by atoms with Gasteiger partial charge in [0.1, 0.15) is 6.54 Å². The van der Waals surface area contributed by atoms with Crippen molar-refractivity contribution in [3.05, 3.63) is 65.9 Å². The molecule has 3 rings (SSSR count). The van der Waals surface area contributed by atoms with Crippen LogP contribution in [-0.4, -0.2) is 27.5 Å². The molecule has 3 aromatic rings. The maximum Gasteiger partial charge on any atom is 0.291 e. The molecule has 27 heavy (non-hydrogen) atoms. The summed E-state index contributed by atoms with van der Waals surface area (Å²) in [5.74, 6) is -1.16. The van der Waals surface area contributed by atoms with Crippen LogP contribution in [0.4, 0.5) is 11.4 Å². The van der Waals surface area contributed by atoms with Gasteiger partial charge in [-0.1, -0.05) is 6.07 Å². The summed E-state index contributed by atoms with van der Waals surface area (Å²) >= 11 is 0. The fourth-order valence-electron chi connectivity index (χ4n) is 2.37. The molecule has 9 heteroatoms. The zero-order chi connectivity index (χ0) is 19.4. The second kappa shape index (κ2) is 7.56. The second-order valence-electron chi connectivity index (χ2n) is 5.81. The minimum atomic E-state index is -0.536. The molecule has 138 valence electrons. The average molecular weight is 367 g/mol. The van der Waals surface area contributed by atoms with E-state index in [2.05, 4.69) is 15.7 Å². The van der Waals surface area contributed by atoms with E-state index in [-0.39, 0.29) is 18.2 Å². The molecule has 4 N–H and O–H groups in total. The Morgan fingerprint density at radius 1 is 1.19 bits per heavy atom. The molecule has 0 aliphatic rings. The van der Waals surface area contributed by atoms with Crippen molar-refractivity contribution in [2.75, 3.05) is 10.6 Å². The Morgan fingerprint density at radius 3 is 2.70 bits per heavy atom. The molecule has 0 atom stereocenters. The normalized spacial score (nSPS) is 10.4. The molecule has 0 aliphatic heterocycles. The van der Waals surface area contributed by atoms with Gasteiger partial charge >= 0.3 is 0 Å². The number of nitrogens with one attached hydrogen (secondary N) is 2. The number of primary amides is 1. The Morgan fingerprint density at radius 2 is 2.00 bits per heavy atom. The maximum atomic E-state index is 12.5. The van der Waals surface area contributed by atoms with Crippen molar-refractivity contribution in [2.45, 2.75) is 13.5 Å². The molecule has 0 spiro atoms. The van der Waals surface area contributed by atoms with Gasteiger partial charge in [-0.05, 0) is 36.8 Å². The fourth-order valence-corrected chi connectivity index (χ4v) is 2.37. The van der Waals surface area contributed by atoms with Gasteiger partial charge in [0.2, 0.25) is 5.91 Å². The van der Waals surface area contributed by atoms with Crippen molar-refractivity contribution >= 4 is 29.1 Å². The van der Waals surface area contributed by atoms with Gasteiger partial charge in [-0.2, -0.15) is 5.10 Å². The van der Waals surface area contributed by atoms with Gasteiger partial charge in [0.25, 0.3) is 11.8 Å². The predicted molar refractivity (Wildman–Crippen MR) is 97.2 cm³/mol. The predicted octanol–water partition coefficient (Wildman–Crippen LogP) is 1.77.